The third-order valence-corrected chi connectivity index (χ3v) is 9.60. The van der Waals surface area contributed by atoms with E-state index in [2.05, 4.69) is 79.7 Å². The summed E-state index contributed by atoms with van der Waals surface area (Å²) >= 11 is 0. The van der Waals surface area contributed by atoms with E-state index in [1.54, 1.807) is 31.4 Å². The van der Waals surface area contributed by atoms with Crippen LogP contribution >= 0.6 is 31.4 Å². The van der Waals surface area contributed by atoms with Gasteiger partial charge in [-0.2, -0.15) is 0 Å². The molecule has 0 fully saturated rings. The molecule has 0 radical (unpaired) electrons. The minimum atomic E-state index is -0.118. The number of aromatic hydroxyl groups is 2. The molecule has 5 heteroatoms. The molecule has 2 N–H and O–H groups in total. The Labute approximate surface area is 213 Å². The van der Waals surface area contributed by atoms with Gasteiger partial charge in [0.05, 0.1) is 9.79 Å². The molecule has 33 heavy (non-hydrogen) atoms. The van der Waals surface area contributed by atoms with Crippen molar-refractivity contribution in [2.75, 3.05) is 0 Å². The molecule has 0 saturated heterocycles. The topological polar surface area (TPSA) is 40.5 Å². The number of phenolic OH excluding ortho intramolecular Hbond substituents is 2. The zero-order valence-corrected chi connectivity index (χ0v) is 24.1. The summed E-state index contributed by atoms with van der Waals surface area (Å²) in [6.45, 7) is 17.3. The van der Waals surface area contributed by atoms with Crippen LogP contribution in [0.4, 0.5) is 0 Å². The standard InChI is InChI=1S/C28H42O2S3/c1-9-11-13-19-15-21(27(3,4)5)25(29)23(17-19)31-33-32-24-18-20(14-12-10-2)16-22(26(24)30)28(6,7)8/h15-18,29-30H,9-14H2,1-8H3. The smallest absolute Gasteiger partial charge is 0.133 e. The Bertz CT molecular complexity index is 849. The fourth-order valence-corrected chi connectivity index (χ4v) is 7.63. The summed E-state index contributed by atoms with van der Waals surface area (Å²) in [6.07, 6.45) is 6.66. The van der Waals surface area contributed by atoms with Gasteiger partial charge in [-0.3, -0.25) is 0 Å². The van der Waals surface area contributed by atoms with Gasteiger partial charge in [0.2, 0.25) is 0 Å². The Hall–Kier alpha value is -0.910. The second kappa shape index (κ2) is 12.2. The van der Waals surface area contributed by atoms with Crippen molar-refractivity contribution in [3.63, 3.8) is 0 Å². The van der Waals surface area contributed by atoms with Crippen molar-refractivity contribution in [1.29, 1.82) is 0 Å². The predicted octanol–water partition coefficient (Wildman–Crippen LogP) is 9.83. The lowest BCUT2D eigenvalue weighted by atomic mass is 9.85. The third-order valence-electron chi connectivity index (χ3n) is 5.77. The highest BCUT2D eigenvalue weighted by Gasteiger charge is 2.24. The highest BCUT2D eigenvalue weighted by Crippen LogP contribution is 2.52. The molecule has 0 aromatic heterocycles. The van der Waals surface area contributed by atoms with E-state index in [-0.39, 0.29) is 10.8 Å². The molecule has 0 bridgehead atoms. The normalized spacial score (nSPS) is 12.4. The largest absolute Gasteiger partial charge is 0.506 e. The van der Waals surface area contributed by atoms with Gasteiger partial charge in [-0.25, -0.2) is 0 Å². The average molecular weight is 507 g/mol. The maximum atomic E-state index is 11.0. The number of benzene rings is 2. The Morgan fingerprint density at radius 1 is 0.636 bits per heavy atom. The molecule has 0 aliphatic rings. The van der Waals surface area contributed by atoms with Crippen molar-refractivity contribution in [3.05, 3.63) is 46.5 Å². The predicted molar refractivity (Wildman–Crippen MR) is 150 cm³/mol. The summed E-state index contributed by atoms with van der Waals surface area (Å²) in [5.74, 6) is 0.772. The van der Waals surface area contributed by atoms with Crippen LogP contribution in [0.15, 0.2) is 34.1 Å². The lowest BCUT2D eigenvalue weighted by Crippen LogP contribution is -2.12. The van der Waals surface area contributed by atoms with E-state index in [9.17, 15) is 10.2 Å². The van der Waals surface area contributed by atoms with Crippen LogP contribution in [0.5, 0.6) is 11.5 Å². The van der Waals surface area contributed by atoms with Crippen LogP contribution in [-0.4, -0.2) is 10.2 Å². The van der Waals surface area contributed by atoms with Gasteiger partial charge in [0.1, 0.15) is 11.5 Å². The van der Waals surface area contributed by atoms with Crippen molar-refractivity contribution in [2.45, 2.75) is 115 Å². The summed E-state index contributed by atoms with van der Waals surface area (Å²) in [6, 6.07) is 8.62. The van der Waals surface area contributed by atoms with Gasteiger partial charge in [-0.05, 0) is 91.2 Å². The summed E-state index contributed by atoms with van der Waals surface area (Å²) in [4.78, 5) is 1.81. The minimum absolute atomic E-state index is 0.118. The highest BCUT2D eigenvalue weighted by atomic mass is 33.5. The summed E-state index contributed by atoms with van der Waals surface area (Å²) in [5.41, 5.74) is 4.34. The first-order chi connectivity index (χ1) is 15.4. The number of unbranched alkanes of at least 4 members (excludes halogenated alkanes) is 2. The van der Waals surface area contributed by atoms with Crippen LogP contribution < -0.4 is 0 Å². The maximum absolute atomic E-state index is 11.0. The molecule has 0 spiro atoms. The molecule has 2 nitrogen and oxygen atoms in total. The first-order valence-electron chi connectivity index (χ1n) is 12.1. The Balaban J connectivity index is 2.30. The Kier molecular flexibility index (Phi) is 10.4. The molecule has 0 saturated carbocycles. The molecule has 0 aliphatic carbocycles. The lowest BCUT2D eigenvalue weighted by molar-refractivity contribution is 0.433. The molecule has 0 amide bonds. The average Bonchev–Trinajstić information content (AvgIpc) is 2.72. The van der Waals surface area contributed by atoms with Crippen molar-refractivity contribution in [1.82, 2.24) is 0 Å². The summed E-state index contributed by atoms with van der Waals surface area (Å²) in [5, 5.41) is 22.1. The molecule has 2 aromatic carbocycles. The molecule has 2 aromatic rings. The lowest BCUT2D eigenvalue weighted by Gasteiger charge is -2.24. The number of hydrogen-bond donors (Lipinski definition) is 2. The fourth-order valence-electron chi connectivity index (χ4n) is 3.74. The molecule has 0 heterocycles. The monoisotopic (exact) mass is 506 g/mol. The van der Waals surface area contributed by atoms with Gasteiger partial charge in [0.15, 0.2) is 0 Å². The zero-order valence-electron chi connectivity index (χ0n) is 21.7. The number of phenols is 2. The van der Waals surface area contributed by atoms with E-state index in [0.29, 0.717) is 11.5 Å². The van der Waals surface area contributed by atoms with Gasteiger partial charge in [-0.15, -0.1) is 0 Å². The van der Waals surface area contributed by atoms with Gasteiger partial charge >= 0.3 is 0 Å². The van der Waals surface area contributed by atoms with Crippen LogP contribution in [0.25, 0.3) is 0 Å². The first kappa shape index (κ1) is 28.3. The second-order valence-corrected chi connectivity index (χ2v) is 14.9. The molecule has 0 aliphatic heterocycles. The van der Waals surface area contributed by atoms with Gasteiger partial charge < -0.3 is 10.2 Å². The van der Waals surface area contributed by atoms with Crippen LogP contribution in [0, 0.1) is 0 Å². The number of aryl methyl sites for hydroxylation is 2. The quantitative estimate of drug-likeness (QED) is 0.314. The van der Waals surface area contributed by atoms with Gasteiger partial charge in [0, 0.05) is 11.1 Å². The van der Waals surface area contributed by atoms with E-state index in [0.717, 1.165) is 59.4 Å². The van der Waals surface area contributed by atoms with Crippen molar-refractivity contribution in [3.8, 4) is 11.5 Å². The van der Waals surface area contributed by atoms with E-state index < -0.39 is 0 Å². The molecular weight excluding hydrogens is 465 g/mol. The van der Waals surface area contributed by atoms with Gasteiger partial charge in [0.25, 0.3) is 0 Å². The van der Waals surface area contributed by atoms with Crippen molar-refractivity contribution < 1.29 is 10.2 Å². The van der Waals surface area contributed by atoms with Crippen LogP contribution in [-0.2, 0) is 23.7 Å². The Morgan fingerprint density at radius 2 is 1.00 bits per heavy atom. The second-order valence-electron chi connectivity index (χ2n) is 10.9. The molecular formula is C28H42O2S3. The summed E-state index contributed by atoms with van der Waals surface area (Å²) < 4.78 is 0. The SMILES string of the molecule is CCCCc1cc(SSSc2cc(CCCC)cc(C(C)(C)C)c2O)c(O)c(C(C)(C)C)c1. The minimum Gasteiger partial charge on any atom is -0.506 e. The van der Waals surface area contributed by atoms with Crippen molar-refractivity contribution >= 4 is 31.4 Å². The molecule has 2 rings (SSSR count). The van der Waals surface area contributed by atoms with E-state index in [4.69, 9.17) is 0 Å². The maximum Gasteiger partial charge on any atom is 0.133 e. The molecule has 0 unspecified atom stereocenters. The number of hydrogen-bond acceptors (Lipinski definition) is 5. The van der Waals surface area contributed by atoms with Crippen LogP contribution in [0.1, 0.15) is 103 Å². The van der Waals surface area contributed by atoms with E-state index in [1.165, 1.54) is 11.1 Å². The fraction of sp³-hybridized carbons (Fsp3) is 0.571. The highest BCUT2D eigenvalue weighted by molar-refractivity contribution is 9.09. The van der Waals surface area contributed by atoms with Crippen LogP contribution in [0.2, 0.25) is 0 Å². The summed E-state index contributed by atoms with van der Waals surface area (Å²) in [7, 11) is 4.77. The van der Waals surface area contributed by atoms with Gasteiger partial charge in [-0.1, -0.05) is 80.4 Å². The molecule has 184 valence electrons. The van der Waals surface area contributed by atoms with Crippen LogP contribution in [0.3, 0.4) is 0 Å². The van der Waals surface area contributed by atoms with E-state index in [1.807, 2.05) is 0 Å². The Morgan fingerprint density at radius 3 is 1.30 bits per heavy atom. The van der Waals surface area contributed by atoms with Crippen molar-refractivity contribution in [2.24, 2.45) is 0 Å². The van der Waals surface area contributed by atoms with E-state index >= 15 is 0 Å². The first-order valence-corrected chi connectivity index (χ1v) is 15.6. The molecule has 0 atom stereocenters. The number of rotatable bonds is 10. The third kappa shape index (κ3) is 8.07. The zero-order chi connectivity index (χ0) is 24.8.